The first kappa shape index (κ1) is 22.6. The lowest BCUT2D eigenvalue weighted by molar-refractivity contribution is 0.0672. The molecule has 168 valence electrons. The molecule has 0 saturated heterocycles. The van der Waals surface area contributed by atoms with Crippen molar-refractivity contribution >= 4 is 22.9 Å². The average Bonchev–Trinajstić information content (AvgIpc) is 3.09. The van der Waals surface area contributed by atoms with Crippen LogP contribution in [0.25, 0.3) is 11.2 Å². The number of imidazole rings is 1. The van der Waals surface area contributed by atoms with E-state index in [2.05, 4.69) is 39.4 Å². The Balaban J connectivity index is 1.94. The van der Waals surface area contributed by atoms with Crippen molar-refractivity contribution in [2.24, 2.45) is 0 Å². The summed E-state index contributed by atoms with van der Waals surface area (Å²) in [5, 5.41) is 27.1. The summed E-state index contributed by atoms with van der Waals surface area (Å²) in [5.41, 5.74) is 1.23. The highest BCUT2D eigenvalue weighted by Crippen LogP contribution is 2.31. The van der Waals surface area contributed by atoms with Gasteiger partial charge in [0.05, 0.1) is 19.0 Å². The molecule has 0 aliphatic heterocycles. The molecule has 1 unspecified atom stereocenters. The first-order chi connectivity index (χ1) is 14.6. The smallest absolute Gasteiger partial charge is 0.226 e. The number of phenolic OH excluding ortho intramolecular Hbond substituents is 1. The molecule has 2 heterocycles. The van der Waals surface area contributed by atoms with Crippen LogP contribution in [0.4, 0.5) is 11.8 Å². The first-order valence-corrected chi connectivity index (χ1v) is 10.4. The normalized spacial score (nSPS) is 12.9. The van der Waals surface area contributed by atoms with Gasteiger partial charge in [-0.3, -0.25) is 0 Å². The molecule has 1 atom stereocenters. The molecule has 3 rings (SSSR count). The fourth-order valence-corrected chi connectivity index (χ4v) is 3.56. The molecule has 0 aliphatic rings. The first-order valence-electron chi connectivity index (χ1n) is 10.4. The number of fused-ring (bicyclic) bond motifs is 1. The molecule has 31 heavy (non-hydrogen) atoms. The van der Waals surface area contributed by atoms with Crippen molar-refractivity contribution in [1.82, 2.24) is 19.5 Å². The molecule has 0 saturated carbocycles. The maximum atomic E-state index is 10.4. The SMILES string of the molecule is COc1cccc(CNc2nc(NC(C)CC(C)(C)O)nc3c2ncn3C(C)C)c1O. The van der Waals surface area contributed by atoms with Gasteiger partial charge in [0.1, 0.15) is 0 Å². The van der Waals surface area contributed by atoms with Gasteiger partial charge in [0.15, 0.2) is 28.5 Å². The molecule has 9 heteroatoms. The Morgan fingerprint density at radius 2 is 1.94 bits per heavy atom. The number of aliphatic hydroxyl groups is 1. The van der Waals surface area contributed by atoms with E-state index in [1.807, 2.05) is 23.6 Å². The number of hydrogen-bond acceptors (Lipinski definition) is 8. The number of ether oxygens (including phenoxy) is 1. The maximum absolute atomic E-state index is 10.4. The third-order valence-corrected chi connectivity index (χ3v) is 4.91. The number of aromatic hydroxyl groups is 1. The van der Waals surface area contributed by atoms with Gasteiger partial charge in [-0.05, 0) is 47.1 Å². The lowest BCUT2D eigenvalue weighted by atomic mass is 10.0. The number of benzene rings is 1. The van der Waals surface area contributed by atoms with Gasteiger partial charge in [0.2, 0.25) is 5.95 Å². The van der Waals surface area contributed by atoms with Crippen molar-refractivity contribution < 1.29 is 14.9 Å². The number of para-hydroxylation sites is 1. The molecule has 0 aliphatic carbocycles. The van der Waals surface area contributed by atoms with E-state index in [1.54, 1.807) is 26.2 Å². The van der Waals surface area contributed by atoms with E-state index in [0.717, 1.165) is 0 Å². The standard InChI is InChI=1S/C22H32N6O3/c1-13(2)28-12-24-17-19(23-11-15-8-7-9-16(31-6)18(15)29)26-21(27-20(17)28)25-14(3)10-22(4,5)30/h7-9,12-14,29-30H,10-11H2,1-6H3,(H2,23,25,26,27). The summed E-state index contributed by atoms with van der Waals surface area (Å²) in [6.45, 7) is 9.99. The molecule has 0 amide bonds. The highest BCUT2D eigenvalue weighted by Gasteiger charge is 2.20. The zero-order valence-corrected chi connectivity index (χ0v) is 19.0. The number of nitrogens with one attached hydrogen (secondary N) is 2. The second-order valence-corrected chi connectivity index (χ2v) is 8.70. The minimum absolute atomic E-state index is 0.0387. The molecule has 3 aromatic rings. The maximum Gasteiger partial charge on any atom is 0.226 e. The predicted octanol–water partition coefficient (Wildman–Crippen LogP) is 3.69. The van der Waals surface area contributed by atoms with Gasteiger partial charge < -0.3 is 30.2 Å². The molecular formula is C22H32N6O3. The topological polar surface area (TPSA) is 117 Å². The summed E-state index contributed by atoms with van der Waals surface area (Å²) < 4.78 is 7.17. The number of rotatable bonds is 9. The number of hydrogen-bond donors (Lipinski definition) is 4. The Morgan fingerprint density at radius 3 is 2.58 bits per heavy atom. The van der Waals surface area contributed by atoms with Crippen LogP contribution in [0, 0.1) is 0 Å². The number of methoxy groups -OCH3 is 1. The van der Waals surface area contributed by atoms with Crippen molar-refractivity contribution in [1.29, 1.82) is 0 Å². The predicted molar refractivity (Wildman–Crippen MR) is 122 cm³/mol. The van der Waals surface area contributed by atoms with Gasteiger partial charge in [-0.15, -0.1) is 0 Å². The van der Waals surface area contributed by atoms with E-state index < -0.39 is 5.60 Å². The Kier molecular flexibility index (Phi) is 6.54. The Hall–Kier alpha value is -3.07. The van der Waals surface area contributed by atoms with Gasteiger partial charge in [0, 0.05) is 24.2 Å². The van der Waals surface area contributed by atoms with Crippen LogP contribution >= 0.6 is 0 Å². The largest absolute Gasteiger partial charge is 0.504 e. The molecule has 0 bridgehead atoms. The van der Waals surface area contributed by atoms with E-state index in [-0.39, 0.29) is 17.8 Å². The van der Waals surface area contributed by atoms with Crippen molar-refractivity contribution in [3.05, 3.63) is 30.1 Å². The van der Waals surface area contributed by atoms with E-state index in [9.17, 15) is 10.2 Å². The van der Waals surface area contributed by atoms with Gasteiger partial charge >= 0.3 is 0 Å². The average molecular weight is 429 g/mol. The summed E-state index contributed by atoms with van der Waals surface area (Å²) >= 11 is 0. The number of nitrogens with zero attached hydrogens (tertiary/aromatic N) is 4. The molecule has 9 nitrogen and oxygen atoms in total. The second-order valence-electron chi connectivity index (χ2n) is 8.70. The van der Waals surface area contributed by atoms with E-state index in [1.165, 1.54) is 7.11 Å². The fourth-order valence-electron chi connectivity index (χ4n) is 3.56. The summed E-state index contributed by atoms with van der Waals surface area (Å²) in [7, 11) is 1.52. The van der Waals surface area contributed by atoms with Crippen LogP contribution in [-0.2, 0) is 6.54 Å². The van der Waals surface area contributed by atoms with E-state index >= 15 is 0 Å². The summed E-state index contributed by atoms with van der Waals surface area (Å²) in [4.78, 5) is 13.8. The van der Waals surface area contributed by atoms with Crippen LogP contribution in [0.15, 0.2) is 24.5 Å². The third-order valence-electron chi connectivity index (χ3n) is 4.91. The van der Waals surface area contributed by atoms with Crippen LogP contribution in [0.1, 0.15) is 52.6 Å². The van der Waals surface area contributed by atoms with Crippen molar-refractivity contribution in [3.8, 4) is 11.5 Å². The fraction of sp³-hybridized carbons (Fsp3) is 0.500. The Morgan fingerprint density at radius 1 is 1.19 bits per heavy atom. The monoisotopic (exact) mass is 428 g/mol. The molecule has 0 fully saturated rings. The molecule has 2 aromatic heterocycles. The van der Waals surface area contributed by atoms with Crippen LogP contribution in [0.5, 0.6) is 11.5 Å². The van der Waals surface area contributed by atoms with Crippen molar-refractivity contribution in [2.45, 2.75) is 65.3 Å². The van der Waals surface area contributed by atoms with Crippen LogP contribution < -0.4 is 15.4 Å². The van der Waals surface area contributed by atoms with Gasteiger partial charge in [-0.1, -0.05) is 12.1 Å². The Labute approximate surface area is 182 Å². The van der Waals surface area contributed by atoms with Crippen LogP contribution in [0.3, 0.4) is 0 Å². The number of phenols is 1. The highest BCUT2D eigenvalue weighted by molar-refractivity contribution is 5.84. The summed E-state index contributed by atoms with van der Waals surface area (Å²) in [6, 6.07) is 5.49. The highest BCUT2D eigenvalue weighted by atomic mass is 16.5. The molecule has 0 radical (unpaired) electrons. The molecule has 4 N–H and O–H groups in total. The minimum atomic E-state index is -0.804. The third kappa shape index (κ3) is 5.35. The second kappa shape index (κ2) is 8.97. The summed E-state index contributed by atoms with van der Waals surface area (Å²) in [5.74, 6) is 1.51. The zero-order valence-electron chi connectivity index (χ0n) is 19.0. The quantitative estimate of drug-likeness (QED) is 0.408. The summed E-state index contributed by atoms with van der Waals surface area (Å²) in [6.07, 6.45) is 2.29. The minimum Gasteiger partial charge on any atom is -0.504 e. The van der Waals surface area contributed by atoms with Gasteiger partial charge in [-0.25, -0.2) is 4.98 Å². The molecule has 0 spiro atoms. The Bertz CT molecular complexity index is 1040. The zero-order chi connectivity index (χ0) is 22.8. The number of anilines is 2. The van der Waals surface area contributed by atoms with Crippen molar-refractivity contribution in [3.63, 3.8) is 0 Å². The van der Waals surface area contributed by atoms with Crippen LogP contribution in [-0.4, -0.2) is 48.5 Å². The van der Waals surface area contributed by atoms with Crippen LogP contribution in [0.2, 0.25) is 0 Å². The van der Waals surface area contributed by atoms with E-state index in [0.29, 0.717) is 47.2 Å². The number of aromatic nitrogens is 4. The lowest BCUT2D eigenvalue weighted by Crippen LogP contribution is -2.29. The van der Waals surface area contributed by atoms with Gasteiger partial charge in [0.25, 0.3) is 0 Å². The van der Waals surface area contributed by atoms with Crippen molar-refractivity contribution in [2.75, 3.05) is 17.7 Å². The molecular weight excluding hydrogens is 396 g/mol. The molecule has 1 aromatic carbocycles. The van der Waals surface area contributed by atoms with Gasteiger partial charge in [-0.2, -0.15) is 9.97 Å². The van der Waals surface area contributed by atoms with E-state index in [4.69, 9.17) is 4.74 Å². The lowest BCUT2D eigenvalue weighted by Gasteiger charge is -2.23.